The van der Waals surface area contributed by atoms with E-state index < -0.39 is 0 Å². The first-order chi connectivity index (χ1) is 2.41. The van der Waals surface area contributed by atoms with Crippen molar-refractivity contribution in [2.75, 3.05) is 6.61 Å². The van der Waals surface area contributed by atoms with Crippen LogP contribution >= 0.6 is 0 Å². The van der Waals surface area contributed by atoms with E-state index in [9.17, 15) is 0 Å². The third-order valence-corrected chi connectivity index (χ3v) is 0. The van der Waals surface area contributed by atoms with Crippen LogP contribution in [0.3, 0.4) is 0 Å². The van der Waals surface area contributed by atoms with Crippen molar-refractivity contribution < 1.29 is 5.11 Å². The van der Waals surface area contributed by atoms with Gasteiger partial charge in [0.25, 0.3) is 0 Å². The fourth-order valence-electron chi connectivity index (χ4n) is 0. The van der Waals surface area contributed by atoms with Crippen LogP contribution in [0, 0.1) is 6.92 Å². The SMILES string of the molecule is CCO.[CH2-]C.[Mg+2]. The summed E-state index contributed by atoms with van der Waals surface area (Å²) in [5.74, 6) is 0. The van der Waals surface area contributed by atoms with Crippen LogP contribution in [0.4, 0.5) is 0 Å². The third-order valence-electron chi connectivity index (χ3n) is 0. The molecule has 0 spiro atoms. The van der Waals surface area contributed by atoms with Gasteiger partial charge in [0.2, 0.25) is 0 Å². The van der Waals surface area contributed by atoms with E-state index in [1.54, 1.807) is 13.8 Å². The van der Waals surface area contributed by atoms with Crippen LogP contribution in [0.1, 0.15) is 13.8 Å². The van der Waals surface area contributed by atoms with Gasteiger partial charge in [-0.25, -0.2) is 0 Å². The molecule has 0 bridgehead atoms. The molecule has 0 radical (unpaired) electrons. The molecule has 1 nitrogen and oxygen atoms in total. The van der Waals surface area contributed by atoms with Crippen molar-refractivity contribution in [1.82, 2.24) is 0 Å². The van der Waals surface area contributed by atoms with E-state index in [1.165, 1.54) is 0 Å². The fourth-order valence-corrected chi connectivity index (χ4v) is 0. The van der Waals surface area contributed by atoms with Crippen LogP contribution in [0.2, 0.25) is 0 Å². The Hall–Kier alpha value is 0.726. The van der Waals surface area contributed by atoms with Crippen LogP contribution in [-0.2, 0) is 0 Å². The summed E-state index contributed by atoms with van der Waals surface area (Å²) < 4.78 is 0. The zero-order valence-corrected chi connectivity index (χ0v) is 5.98. The summed E-state index contributed by atoms with van der Waals surface area (Å²) in [7, 11) is 0. The van der Waals surface area contributed by atoms with E-state index >= 15 is 0 Å². The predicted molar refractivity (Wildman–Crippen MR) is 29.5 cm³/mol. The van der Waals surface area contributed by atoms with Crippen molar-refractivity contribution in [2.24, 2.45) is 0 Å². The summed E-state index contributed by atoms with van der Waals surface area (Å²) in [4.78, 5) is 0. The zero-order valence-electron chi connectivity index (χ0n) is 4.57. The van der Waals surface area contributed by atoms with E-state index in [0.29, 0.717) is 0 Å². The molecule has 0 aromatic carbocycles. The van der Waals surface area contributed by atoms with Crippen molar-refractivity contribution in [2.45, 2.75) is 13.8 Å². The standard InChI is InChI=1S/C2H6O.C2H5.Mg/c1-2-3;1-2;/h3H,2H2,1H3;1H2,2H3;/q;-1;+2. The molecule has 2 heteroatoms. The van der Waals surface area contributed by atoms with Gasteiger partial charge in [-0.05, 0) is 6.92 Å². The molecular formula is C4H11MgO+. The molecule has 0 rings (SSSR count). The van der Waals surface area contributed by atoms with Crippen molar-refractivity contribution in [1.29, 1.82) is 0 Å². The molecule has 0 aliphatic rings. The maximum atomic E-state index is 7.57. The predicted octanol–water partition coefficient (Wildman–Crippen LogP) is 0.458. The van der Waals surface area contributed by atoms with Crippen LogP contribution in [0.25, 0.3) is 0 Å². The van der Waals surface area contributed by atoms with Crippen LogP contribution in [0.15, 0.2) is 0 Å². The Morgan fingerprint density at radius 1 is 1.50 bits per heavy atom. The maximum absolute atomic E-state index is 7.57. The Balaban J connectivity index is -0.0000000275. The Kier molecular flexibility index (Phi) is 114. The minimum absolute atomic E-state index is 0. The number of aliphatic hydroxyl groups is 1. The smallest absolute Gasteiger partial charge is 0.397 e. The molecule has 0 aromatic heterocycles. The van der Waals surface area contributed by atoms with Gasteiger partial charge in [-0.2, -0.15) is 6.92 Å². The van der Waals surface area contributed by atoms with Gasteiger partial charge in [0.05, 0.1) is 0 Å². The van der Waals surface area contributed by atoms with Crippen molar-refractivity contribution in [3.63, 3.8) is 0 Å². The molecule has 34 valence electrons. The molecule has 0 fully saturated rings. The first-order valence-electron chi connectivity index (χ1n) is 1.73. The van der Waals surface area contributed by atoms with Crippen LogP contribution in [0.5, 0.6) is 0 Å². The fraction of sp³-hybridized carbons (Fsp3) is 0.750. The van der Waals surface area contributed by atoms with Crippen LogP contribution < -0.4 is 0 Å². The first-order valence-corrected chi connectivity index (χ1v) is 1.73. The van der Waals surface area contributed by atoms with Crippen LogP contribution in [-0.4, -0.2) is 34.8 Å². The van der Waals surface area contributed by atoms with Crippen molar-refractivity contribution >= 4 is 23.1 Å². The molecule has 1 N–H and O–H groups in total. The topological polar surface area (TPSA) is 20.2 Å². The van der Waals surface area contributed by atoms with E-state index in [0.717, 1.165) is 0 Å². The summed E-state index contributed by atoms with van der Waals surface area (Å²) in [6.07, 6.45) is 0. The van der Waals surface area contributed by atoms with E-state index in [4.69, 9.17) is 5.11 Å². The number of rotatable bonds is 0. The Morgan fingerprint density at radius 3 is 1.50 bits per heavy atom. The summed E-state index contributed by atoms with van der Waals surface area (Å²) in [5.41, 5.74) is 0. The Morgan fingerprint density at radius 2 is 1.50 bits per heavy atom. The largest absolute Gasteiger partial charge is 2.00 e. The monoisotopic (exact) mass is 99.1 g/mol. The van der Waals surface area contributed by atoms with Gasteiger partial charge in [0, 0.05) is 6.61 Å². The van der Waals surface area contributed by atoms with Gasteiger partial charge in [0.15, 0.2) is 0 Å². The van der Waals surface area contributed by atoms with Crippen molar-refractivity contribution in [3.8, 4) is 0 Å². The number of hydrogen-bond donors (Lipinski definition) is 1. The molecule has 0 aromatic rings. The third kappa shape index (κ3) is 124. The molecule has 0 amide bonds. The van der Waals surface area contributed by atoms with Gasteiger partial charge in [-0.3, -0.25) is 0 Å². The van der Waals surface area contributed by atoms with E-state index in [2.05, 4.69) is 6.92 Å². The molecule has 0 atom stereocenters. The molecule has 0 saturated carbocycles. The average Bonchev–Trinajstić information content (AvgIpc) is 1.46. The molecule has 0 unspecified atom stereocenters. The van der Waals surface area contributed by atoms with E-state index in [-0.39, 0.29) is 29.7 Å². The van der Waals surface area contributed by atoms with E-state index in [1.807, 2.05) is 0 Å². The summed E-state index contributed by atoms with van der Waals surface area (Å²) in [6, 6.07) is 0. The van der Waals surface area contributed by atoms with Gasteiger partial charge in [-0.1, -0.05) is 0 Å². The molecular weight excluding hydrogens is 88.3 g/mol. The molecule has 0 aliphatic heterocycles. The van der Waals surface area contributed by atoms with Gasteiger partial charge >= 0.3 is 23.1 Å². The maximum Gasteiger partial charge on any atom is 2.00 e. The summed E-state index contributed by atoms with van der Waals surface area (Å²) in [5, 5.41) is 7.57. The summed E-state index contributed by atoms with van der Waals surface area (Å²) in [6.45, 7) is 6.93. The molecule has 0 aliphatic carbocycles. The number of aliphatic hydroxyl groups excluding tert-OH is 1. The average molecular weight is 99.4 g/mol. The van der Waals surface area contributed by atoms with Gasteiger partial charge in [-0.15, -0.1) is 0 Å². The van der Waals surface area contributed by atoms with Crippen molar-refractivity contribution in [3.05, 3.63) is 6.92 Å². The first kappa shape index (κ1) is 15.9. The van der Waals surface area contributed by atoms with Gasteiger partial charge < -0.3 is 12.0 Å². The minimum Gasteiger partial charge on any atom is -0.397 e. The quantitative estimate of drug-likeness (QED) is 0.346. The molecule has 0 saturated heterocycles. The molecule has 6 heavy (non-hydrogen) atoms. The zero-order chi connectivity index (χ0) is 4.71. The molecule has 0 heterocycles. The Labute approximate surface area is 55.9 Å². The summed E-state index contributed by atoms with van der Waals surface area (Å²) >= 11 is 0. The minimum atomic E-state index is 0. The second kappa shape index (κ2) is 42.9. The number of hydrogen-bond acceptors (Lipinski definition) is 1. The second-order valence-electron chi connectivity index (χ2n) is 0.316. The Bertz CT molecular complexity index is 7.51. The second-order valence-corrected chi connectivity index (χ2v) is 0.316. The van der Waals surface area contributed by atoms with Gasteiger partial charge in [0.1, 0.15) is 0 Å². The normalized spacial score (nSPS) is 4.00.